The van der Waals surface area contributed by atoms with E-state index < -0.39 is 0 Å². The number of rotatable bonds is 2. The summed E-state index contributed by atoms with van der Waals surface area (Å²) in [6.45, 7) is 2.30. The molecule has 0 radical (unpaired) electrons. The van der Waals surface area contributed by atoms with E-state index in [1.807, 2.05) is 0 Å². The first kappa shape index (κ1) is 12.9. The topological polar surface area (TPSA) is 29.0 Å². The predicted molar refractivity (Wildman–Crippen MR) is 71.9 cm³/mol. The van der Waals surface area contributed by atoms with E-state index in [4.69, 9.17) is 23.2 Å². The molecule has 1 fully saturated rings. The Labute approximate surface area is 112 Å². The van der Waals surface area contributed by atoms with Crippen LogP contribution in [0.5, 0.6) is 0 Å². The number of aromatic nitrogens is 2. The minimum absolute atomic E-state index is 0.389. The third-order valence-electron chi connectivity index (χ3n) is 3.54. The van der Waals surface area contributed by atoms with E-state index in [0.717, 1.165) is 11.6 Å². The van der Waals surface area contributed by atoms with E-state index in [-0.39, 0.29) is 0 Å². The first-order valence-corrected chi connectivity index (χ1v) is 6.75. The number of nitrogens with zero attached hydrogens (tertiary/aromatic N) is 3. The monoisotopic (exact) mass is 273 g/mol. The molecule has 94 valence electrons. The molecule has 1 aromatic heterocycles. The van der Waals surface area contributed by atoms with Gasteiger partial charge in [-0.3, -0.25) is 0 Å². The summed E-state index contributed by atoms with van der Waals surface area (Å²) in [4.78, 5) is 2.19. The first-order valence-electron chi connectivity index (χ1n) is 5.99. The van der Waals surface area contributed by atoms with Gasteiger partial charge in [0, 0.05) is 19.2 Å². The van der Waals surface area contributed by atoms with Gasteiger partial charge in [-0.15, -0.1) is 10.2 Å². The molecular weight excluding hydrogens is 257 g/mol. The molecule has 1 aromatic rings. The van der Waals surface area contributed by atoms with Crippen LogP contribution in [-0.4, -0.2) is 23.3 Å². The highest BCUT2D eigenvalue weighted by atomic mass is 35.5. The summed E-state index contributed by atoms with van der Waals surface area (Å²) in [6.07, 6.45) is 5.01. The van der Waals surface area contributed by atoms with Crippen LogP contribution in [0.25, 0.3) is 0 Å². The quantitative estimate of drug-likeness (QED) is 0.821. The molecular formula is C12H17Cl2N3. The summed E-state index contributed by atoms with van der Waals surface area (Å²) >= 11 is 11.9. The zero-order valence-corrected chi connectivity index (χ0v) is 11.7. The van der Waals surface area contributed by atoms with Gasteiger partial charge in [0.1, 0.15) is 0 Å². The lowest BCUT2D eigenvalue weighted by Crippen LogP contribution is -2.35. The van der Waals surface area contributed by atoms with E-state index in [1.54, 1.807) is 6.07 Å². The van der Waals surface area contributed by atoms with Gasteiger partial charge < -0.3 is 4.90 Å². The standard InChI is InChI=1S/C12H17Cl2N3/c1-8-4-3-5-9(6-8)17(2)10-7-11(13)15-16-12(10)14/h7-9H,3-6H2,1-2H3. The van der Waals surface area contributed by atoms with Crippen molar-refractivity contribution < 1.29 is 0 Å². The molecule has 1 saturated carbocycles. The van der Waals surface area contributed by atoms with Gasteiger partial charge in [-0.25, -0.2) is 0 Å². The second kappa shape index (κ2) is 5.40. The van der Waals surface area contributed by atoms with Crippen LogP contribution in [-0.2, 0) is 0 Å². The van der Waals surface area contributed by atoms with Gasteiger partial charge in [-0.2, -0.15) is 0 Å². The van der Waals surface area contributed by atoms with Crippen molar-refractivity contribution in [1.29, 1.82) is 0 Å². The molecule has 1 heterocycles. The van der Waals surface area contributed by atoms with Crippen molar-refractivity contribution >= 4 is 28.9 Å². The summed E-state index contributed by atoms with van der Waals surface area (Å²) in [5.74, 6) is 0.778. The average molecular weight is 274 g/mol. The van der Waals surface area contributed by atoms with Crippen LogP contribution < -0.4 is 4.90 Å². The van der Waals surface area contributed by atoms with Crippen LogP contribution in [0, 0.1) is 5.92 Å². The van der Waals surface area contributed by atoms with Crippen molar-refractivity contribution in [1.82, 2.24) is 10.2 Å². The molecule has 0 N–H and O–H groups in total. The van der Waals surface area contributed by atoms with E-state index in [0.29, 0.717) is 16.3 Å². The summed E-state index contributed by atoms with van der Waals surface area (Å²) in [7, 11) is 2.06. The van der Waals surface area contributed by atoms with Gasteiger partial charge in [-0.05, 0) is 18.8 Å². The zero-order chi connectivity index (χ0) is 12.4. The van der Waals surface area contributed by atoms with Gasteiger partial charge in [0.25, 0.3) is 0 Å². The maximum absolute atomic E-state index is 6.07. The Bertz CT molecular complexity index is 397. The molecule has 0 bridgehead atoms. The Kier molecular flexibility index (Phi) is 4.10. The molecule has 3 nitrogen and oxygen atoms in total. The van der Waals surface area contributed by atoms with E-state index in [2.05, 4.69) is 29.1 Å². The third kappa shape index (κ3) is 3.02. The molecule has 5 heteroatoms. The minimum Gasteiger partial charge on any atom is -0.369 e. The second-order valence-electron chi connectivity index (χ2n) is 4.88. The molecule has 0 amide bonds. The minimum atomic E-state index is 0.389. The fourth-order valence-corrected chi connectivity index (χ4v) is 2.91. The van der Waals surface area contributed by atoms with Gasteiger partial charge in [0.2, 0.25) is 0 Å². The molecule has 2 rings (SSSR count). The molecule has 0 aliphatic heterocycles. The Hall–Kier alpha value is -0.540. The number of anilines is 1. The van der Waals surface area contributed by atoms with E-state index >= 15 is 0 Å². The SMILES string of the molecule is CC1CCCC(N(C)c2cc(Cl)nnc2Cl)C1. The highest BCUT2D eigenvalue weighted by Crippen LogP contribution is 2.32. The van der Waals surface area contributed by atoms with Crippen LogP contribution in [0.3, 0.4) is 0 Å². The highest BCUT2D eigenvalue weighted by molar-refractivity contribution is 6.33. The predicted octanol–water partition coefficient (Wildman–Crippen LogP) is 3.80. The lowest BCUT2D eigenvalue weighted by molar-refractivity contribution is 0.336. The molecule has 2 atom stereocenters. The maximum atomic E-state index is 6.07. The van der Waals surface area contributed by atoms with E-state index in [1.165, 1.54) is 25.7 Å². The Morgan fingerprint density at radius 1 is 1.29 bits per heavy atom. The summed E-state index contributed by atoms with van der Waals surface area (Å²) < 4.78 is 0. The normalized spacial score (nSPS) is 24.7. The number of hydrogen-bond acceptors (Lipinski definition) is 3. The smallest absolute Gasteiger partial charge is 0.175 e. The Morgan fingerprint density at radius 3 is 2.76 bits per heavy atom. The van der Waals surface area contributed by atoms with Gasteiger partial charge in [-0.1, -0.05) is 43.0 Å². The Balaban J connectivity index is 2.18. The highest BCUT2D eigenvalue weighted by Gasteiger charge is 2.24. The lowest BCUT2D eigenvalue weighted by atomic mass is 9.86. The molecule has 0 spiro atoms. The van der Waals surface area contributed by atoms with Crippen LogP contribution in [0.1, 0.15) is 32.6 Å². The van der Waals surface area contributed by atoms with Crippen LogP contribution in [0.4, 0.5) is 5.69 Å². The Morgan fingerprint density at radius 2 is 2.06 bits per heavy atom. The molecule has 1 aliphatic rings. The molecule has 17 heavy (non-hydrogen) atoms. The zero-order valence-electron chi connectivity index (χ0n) is 10.2. The second-order valence-corrected chi connectivity index (χ2v) is 5.62. The number of halogens is 2. The van der Waals surface area contributed by atoms with Crippen molar-refractivity contribution in [2.45, 2.75) is 38.6 Å². The van der Waals surface area contributed by atoms with Crippen molar-refractivity contribution in [2.75, 3.05) is 11.9 Å². The third-order valence-corrected chi connectivity index (χ3v) is 3.99. The van der Waals surface area contributed by atoms with Crippen molar-refractivity contribution in [2.24, 2.45) is 5.92 Å². The van der Waals surface area contributed by atoms with Crippen molar-refractivity contribution in [3.8, 4) is 0 Å². The van der Waals surface area contributed by atoms with Crippen LogP contribution >= 0.6 is 23.2 Å². The number of hydrogen-bond donors (Lipinski definition) is 0. The van der Waals surface area contributed by atoms with E-state index in [9.17, 15) is 0 Å². The van der Waals surface area contributed by atoms with Crippen molar-refractivity contribution in [3.05, 3.63) is 16.4 Å². The summed E-state index contributed by atoms with van der Waals surface area (Å²) in [5.41, 5.74) is 0.880. The summed E-state index contributed by atoms with van der Waals surface area (Å²) in [6, 6.07) is 2.31. The molecule has 2 unspecified atom stereocenters. The van der Waals surface area contributed by atoms with Gasteiger partial charge in [0.15, 0.2) is 10.3 Å². The maximum Gasteiger partial charge on any atom is 0.175 e. The van der Waals surface area contributed by atoms with Crippen LogP contribution in [0.2, 0.25) is 10.3 Å². The van der Waals surface area contributed by atoms with Crippen LogP contribution in [0.15, 0.2) is 6.07 Å². The molecule has 0 saturated heterocycles. The fraction of sp³-hybridized carbons (Fsp3) is 0.667. The summed E-state index contributed by atoms with van der Waals surface area (Å²) in [5, 5.41) is 8.41. The van der Waals surface area contributed by atoms with Gasteiger partial charge in [0.05, 0.1) is 5.69 Å². The van der Waals surface area contributed by atoms with Gasteiger partial charge >= 0.3 is 0 Å². The first-order chi connectivity index (χ1) is 8.08. The van der Waals surface area contributed by atoms with Crippen molar-refractivity contribution in [3.63, 3.8) is 0 Å². The average Bonchev–Trinajstić information content (AvgIpc) is 2.31. The lowest BCUT2D eigenvalue weighted by Gasteiger charge is -2.35. The molecule has 0 aromatic carbocycles. The fourth-order valence-electron chi connectivity index (χ4n) is 2.54. The molecule has 1 aliphatic carbocycles. The largest absolute Gasteiger partial charge is 0.369 e.